The zero-order valence-electron chi connectivity index (χ0n) is 11.7. The SMILES string of the molecule is CC(CNC1=NCCCN1)c1ccc(C(F)(F)F)cc1.I. The summed E-state index contributed by atoms with van der Waals surface area (Å²) >= 11 is 0. The van der Waals surface area contributed by atoms with Gasteiger partial charge in [-0.1, -0.05) is 19.1 Å². The van der Waals surface area contributed by atoms with E-state index >= 15 is 0 Å². The van der Waals surface area contributed by atoms with Crippen LogP contribution in [0, 0.1) is 0 Å². The summed E-state index contributed by atoms with van der Waals surface area (Å²) in [5, 5.41) is 6.33. The van der Waals surface area contributed by atoms with E-state index in [4.69, 9.17) is 0 Å². The van der Waals surface area contributed by atoms with Gasteiger partial charge < -0.3 is 10.6 Å². The molecule has 0 saturated carbocycles. The molecule has 21 heavy (non-hydrogen) atoms. The number of guanidine groups is 1. The van der Waals surface area contributed by atoms with Crippen molar-refractivity contribution in [3.8, 4) is 0 Å². The molecular formula is C14H19F3IN3. The van der Waals surface area contributed by atoms with Crippen molar-refractivity contribution in [2.45, 2.75) is 25.4 Å². The lowest BCUT2D eigenvalue weighted by Gasteiger charge is -2.19. The Morgan fingerprint density at radius 3 is 2.48 bits per heavy atom. The number of nitrogens with zero attached hydrogens (tertiary/aromatic N) is 1. The summed E-state index contributed by atoms with van der Waals surface area (Å²) in [4.78, 5) is 4.29. The fourth-order valence-corrected chi connectivity index (χ4v) is 2.02. The monoisotopic (exact) mass is 413 g/mol. The molecule has 1 aromatic carbocycles. The summed E-state index contributed by atoms with van der Waals surface area (Å²) in [6.07, 6.45) is -3.25. The average molecular weight is 413 g/mol. The lowest BCUT2D eigenvalue weighted by Crippen LogP contribution is -2.42. The summed E-state index contributed by atoms with van der Waals surface area (Å²) in [6.45, 7) is 4.32. The van der Waals surface area contributed by atoms with Gasteiger partial charge in [-0.25, -0.2) is 0 Å². The quantitative estimate of drug-likeness (QED) is 0.746. The largest absolute Gasteiger partial charge is 0.416 e. The molecule has 0 aromatic heterocycles. The lowest BCUT2D eigenvalue weighted by atomic mass is 10.00. The first-order chi connectivity index (χ1) is 9.47. The van der Waals surface area contributed by atoms with Crippen LogP contribution in [0.4, 0.5) is 13.2 Å². The molecule has 1 aromatic rings. The molecule has 7 heteroatoms. The van der Waals surface area contributed by atoms with Gasteiger partial charge in [-0.05, 0) is 30.0 Å². The molecule has 0 amide bonds. The highest BCUT2D eigenvalue weighted by atomic mass is 127. The Balaban J connectivity index is 0.00000220. The van der Waals surface area contributed by atoms with E-state index in [2.05, 4.69) is 15.6 Å². The Bertz CT molecular complexity index is 471. The van der Waals surface area contributed by atoms with Gasteiger partial charge in [-0.15, -0.1) is 24.0 Å². The van der Waals surface area contributed by atoms with E-state index in [0.29, 0.717) is 6.54 Å². The maximum absolute atomic E-state index is 12.5. The van der Waals surface area contributed by atoms with E-state index in [1.54, 1.807) is 0 Å². The molecule has 3 nitrogen and oxygen atoms in total. The van der Waals surface area contributed by atoms with Gasteiger partial charge in [-0.3, -0.25) is 4.99 Å². The maximum Gasteiger partial charge on any atom is 0.416 e. The molecule has 0 radical (unpaired) electrons. The number of hydrogen-bond acceptors (Lipinski definition) is 3. The first-order valence-electron chi connectivity index (χ1n) is 6.66. The van der Waals surface area contributed by atoms with Crippen LogP contribution < -0.4 is 10.6 Å². The fourth-order valence-electron chi connectivity index (χ4n) is 2.02. The van der Waals surface area contributed by atoms with Gasteiger partial charge >= 0.3 is 6.18 Å². The number of nitrogens with one attached hydrogen (secondary N) is 2. The summed E-state index contributed by atoms with van der Waals surface area (Å²) in [5.74, 6) is 0.888. The molecule has 0 bridgehead atoms. The normalized spacial score (nSPS) is 16.3. The highest BCUT2D eigenvalue weighted by Gasteiger charge is 2.30. The highest BCUT2D eigenvalue weighted by molar-refractivity contribution is 14.0. The smallest absolute Gasteiger partial charge is 0.356 e. The van der Waals surface area contributed by atoms with Crippen molar-refractivity contribution in [2.24, 2.45) is 4.99 Å². The van der Waals surface area contributed by atoms with E-state index < -0.39 is 11.7 Å². The van der Waals surface area contributed by atoms with Crippen LogP contribution in [0.1, 0.15) is 30.4 Å². The standard InChI is InChI=1S/C14H18F3N3.HI/c1-10(9-20-13-18-7-2-8-19-13)11-3-5-12(6-4-11)14(15,16)17;/h3-6,10H,2,7-9H2,1H3,(H2,18,19,20);1H. The van der Waals surface area contributed by atoms with Crippen molar-refractivity contribution in [1.82, 2.24) is 10.6 Å². The third-order valence-corrected chi connectivity index (χ3v) is 3.28. The molecule has 0 aliphatic carbocycles. The molecule has 1 aliphatic heterocycles. The first-order valence-corrected chi connectivity index (χ1v) is 6.66. The Hall–Kier alpha value is -0.990. The molecule has 1 atom stereocenters. The highest BCUT2D eigenvalue weighted by Crippen LogP contribution is 2.30. The van der Waals surface area contributed by atoms with Gasteiger partial charge in [0.05, 0.1) is 5.56 Å². The molecule has 2 N–H and O–H groups in total. The average Bonchev–Trinajstić information content (AvgIpc) is 2.45. The van der Waals surface area contributed by atoms with Crippen LogP contribution in [0.15, 0.2) is 29.3 Å². The van der Waals surface area contributed by atoms with Crippen LogP contribution in [-0.4, -0.2) is 25.6 Å². The van der Waals surface area contributed by atoms with Gasteiger partial charge in [0, 0.05) is 19.6 Å². The van der Waals surface area contributed by atoms with E-state index in [-0.39, 0.29) is 29.9 Å². The molecule has 0 fully saturated rings. The molecule has 118 valence electrons. The molecule has 1 unspecified atom stereocenters. The van der Waals surface area contributed by atoms with Crippen molar-refractivity contribution in [3.63, 3.8) is 0 Å². The van der Waals surface area contributed by atoms with Crippen molar-refractivity contribution in [2.75, 3.05) is 19.6 Å². The van der Waals surface area contributed by atoms with Crippen LogP contribution in [0.2, 0.25) is 0 Å². The predicted octanol–water partition coefficient (Wildman–Crippen LogP) is 3.37. The zero-order valence-corrected chi connectivity index (χ0v) is 14.0. The van der Waals surface area contributed by atoms with Crippen molar-refractivity contribution in [3.05, 3.63) is 35.4 Å². The Kier molecular flexibility index (Phi) is 6.76. The molecule has 2 rings (SSSR count). The van der Waals surface area contributed by atoms with E-state index in [1.807, 2.05) is 6.92 Å². The molecule has 1 heterocycles. The minimum atomic E-state index is -4.28. The van der Waals surface area contributed by atoms with Crippen LogP contribution in [0.25, 0.3) is 0 Å². The summed E-state index contributed by atoms with van der Waals surface area (Å²) in [6, 6.07) is 5.32. The Morgan fingerprint density at radius 1 is 1.29 bits per heavy atom. The topological polar surface area (TPSA) is 36.4 Å². The molecular weight excluding hydrogens is 394 g/mol. The fraction of sp³-hybridized carbons (Fsp3) is 0.500. The third kappa shape index (κ3) is 5.37. The Morgan fingerprint density at radius 2 is 1.95 bits per heavy atom. The number of halogens is 4. The van der Waals surface area contributed by atoms with E-state index in [0.717, 1.165) is 43.2 Å². The molecule has 0 saturated heterocycles. The number of aliphatic imine (C=N–C) groups is 1. The second kappa shape index (κ2) is 7.86. The third-order valence-electron chi connectivity index (χ3n) is 3.28. The maximum atomic E-state index is 12.5. The minimum absolute atomic E-state index is 0. The van der Waals surface area contributed by atoms with E-state index in [9.17, 15) is 13.2 Å². The summed E-state index contributed by atoms with van der Waals surface area (Å²) in [5.41, 5.74) is 0.265. The van der Waals surface area contributed by atoms with Gasteiger partial charge in [0.15, 0.2) is 5.96 Å². The van der Waals surface area contributed by atoms with Crippen molar-refractivity contribution in [1.29, 1.82) is 0 Å². The molecule has 0 spiro atoms. The predicted molar refractivity (Wildman–Crippen MR) is 88.2 cm³/mol. The Labute approximate surface area is 139 Å². The van der Waals surface area contributed by atoms with Crippen LogP contribution in [-0.2, 0) is 6.18 Å². The summed E-state index contributed by atoms with van der Waals surface area (Å²) in [7, 11) is 0. The minimum Gasteiger partial charge on any atom is -0.356 e. The van der Waals surface area contributed by atoms with Gasteiger partial charge in [0.25, 0.3) is 0 Å². The summed E-state index contributed by atoms with van der Waals surface area (Å²) < 4.78 is 37.4. The van der Waals surface area contributed by atoms with E-state index in [1.165, 1.54) is 12.1 Å². The van der Waals surface area contributed by atoms with Crippen LogP contribution >= 0.6 is 24.0 Å². The van der Waals surface area contributed by atoms with Gasteiger partial charge in [-0.2, -0.15) is 13.2 Å². The molecule has 1 aliphatic rings. The zero-order chi connectivity index (χ0) is 14.6. The van der Waals surface area contributed by atoms with Crippen LogP contribution in [0.5, 0.6) is 0 Å². The van der Waals surface area contributed by atoms with Gasteiger partial charge in [0.1, 0.15) is 0 Å². The number of benzene rings is 1. The first kappa shape index (κ1) is 18.1. The second-order valence-corrected chi connectivity index (χ2v) is 4.91. The number of alkyl halides is 3. The van der Waals surface area contributed by atoms with Gasteiger partial charge in [0.2, 0.25) is 0 Å². The number of rotatable bonds is 3. The second-order valence-electron chi connectivity index (χ2n) is 4.91. The van der Waals surface area contributed by atoms with Crippen molar-refractivity contribution < 1.29 is 13.2 Å². The van der Waals surface area contributed by atoms with Crippen molar-refractivity contribution >= 4 is 29.9 Å². The van der Waals surface area contributed by atoms with Crippen LogP contribution in [0.3, 0.4) is 0 Å². The lowest BCUT2D eigenvalue weighted by molar-refractivity contribution is -0.137. The number of hydrogen-bond donors (Lipinski definition) is 2.